The maximum atomic E-state index is 12.9. The first-order chi connectivity index (χ1) is 14.4. The predicted octanol–water partition coefficient (Wildman–Crippen LogP) is 6.34. The number of nitrogens with zero attached hydrogens (tertiary/aromatic N) is 1. The SMILES string of the molecule is COc1ccc(C(=O)CC(Nc2ccc([N+](=O)[O-])cc2)c2ccc(Cl)c(Cl)c2)cc1. The van der Waals surface area contributed by atoms with Gasteiger partial charge in [-0.15, -0.1) is 0 Å². The first-order valence-electron chi connectivity index (χ1n) is 9.00. The molecule has 0 fully saturated rings. The molecule has 0 radical (unpaired) electrons. The van der Waals surface area contributed by atoms with Crippen molar-refractivity contribution in [2.75, 3.05) is 12.4 Å². The summed E-state index contributed by atoms with van der Waals surface area (Å²) in [7, 11) is 1.56. The zero-order valence-electron chi connectivity index (χ0n) is 16.0. The summed E-state index contributed by atoms with van der Waals surface area (Å²) in [4.78, 5) is 23.3. The summed E-state index contributed by atoms with van der Waals surface area (Å²) in [6.45, 7) is 0. The Hall–Kier alpha value is -3.09. The topological polar surface area (TPSA) is 81.5 Å². The van der Waals surface area contributed by atoms with Crippen molar-refractivity contribution in [3.8, 4) is 5.75 Å². The van der Waals surface area contributed by atoms with E-state index < -0.39 is 11.0 Å². The number of nitro benzene ring substituents is 1. The molecule has 0 saturated carbocycles. The van der Waals surface area contributed by atoms with Crippen LogP contribution in [0.4, 0.5) is 11.4 Å². The molecule has 0 amide bonds. The van der Waals surface area contributed by atoms with Gasteiger partial charge in [-0.2, -0.15) is 0 Å². The third-order valence-corrected chi connectivity index (χ3v) is 5.31. The molecule has 0 bridgehead atoms. The van der Waals surface area contributed by atoms with Gasteiger partial charge in [-0.1, -0.05) is 29.3 Å². The number of hydrogen-bond acceptors (Lipinski definition) is 5. The molecule has 30 heavy (non-hydrogen) atoms. The van der Waals surface area contributed by atoms with Gasteiger partial charge in [0.05, 0.1) is 28.1 Å². The van der Waals surface area contributed by atoms with Gasteiger partial charge in [-0.05, 0) is 54.1 Å². The first kappa shape index (κ1) is 21.6. The lowest BCUT2D eigenvalue weighted by Gasteiger charge is -2.20. The molecule has 0 spiro atoms. The van der Waals surface area contributed by atoms with Crippen LogP contribution in [-0.2, 0) is 0 Å². The lowest BCUT2D eigenvalue weighted by Crippen LogP contribution is -2.16. The molecule has 8 heteroatoms. The minimum Gasteiger partial charge on any atom is -0.497 e. The maximum absolute atomic E-state index is 12.9. The van der Waals surface area contributed by atoms with Crippen LogP contribution in [0.15, 0.2) is 66.7 Å². The summed E-state index contributed by atoms with van der Waals surface area (Å²) in [5.74, 6) is 0.583. The van der Waals surface area contributed by atoms with Crippen molar-refractivity contribution in [1.82, 2.24) is 0 Å². The average molecular weight is 445 g/mol. The molecule has 1 atom stereocenters. The highest BCUT2D eigenvalue weighted by Gasteiger charge is 2.19. The lowest BCUT2D eigenvalue weighted by molar-refractivity contribution is -0.384. The van der Waals surface area contributed by atoms with Gasteiger partial charge in [-0.25, -0.2) is 0 Å². The van der Waals surface area contributed by atoms with E-state index in [1.807, 2.05) is 0 Å². The summed E-state index contributed by atoms with van der Waals surface area (Å²) in [5.41, 5.74) is 1.94. The smallest absolute Gasteiger partial charge is 0.269 e. The second-order valence-electron chi connectivity index (χ2n) is 6.53. The maximum Gasteiger partial charge on any atom is 0.269 e. The number of ether oxygens (including phenoxy) is 1. The molecule has 154 valence electrons. The van der Waals surface area contributed by atoms with E-state index in [-0.39, 0.29) is 17.9 Å². The van der Waals surface area contributed by atoms with Gasteiger partial charge in [0.2, 0.25) is 0 Å². The predicted molar refractivity (Wildman–Crippen MR) is 118 cm³/mol. The summed E-state index contributed by atoms with van der Waals surface area (Å²) >= 11 is 12.2. The molecule has 0 aliphatic rings. The van der Waals surface area contributed by atoms with Crippen LogP contribution in [0.2, 0.25) is 10.0 Å². The zero-order chi connectivity index (χ0) is 21.7. The second-order valence-corrected chi connectivity index (χ2v) is 7.34. The summed E-state index contributed by atoms with van der Waals surface area (Å²) < 4.78 is 5.13. The number of methoxy groups -OCH3 is 1. The number of nitrogens with one attached hydrogen (secondary N) is 1. The molecule has 1 unspecified atom stereocenters. The standard InChI is InChI=1S/C22H18Cl2N2O4/c1-30-18-9-2-14(3-10-18)22(27)13-21(15-4-11-19(23)20(24)12-15)25-16-5-7-17(8-6-16)26(28)29/h2-12,21,25H,13H2,1H3. The van der Waals surface area contributed by atoms with E-state index >= 15 is 0 Å². The molecule has 1 N–H and O–H groups in total. The number of Topliss-reactive ketones (excluding diaryl/α,β-unsaturated/α-hetero) is 1. The molecule has 0 aliphatic heterocycles. The van der Waals surface area contributed by atoms with Gasteiger partial charge in [0.1, 0.15) is 5.75 Å². The Labute approximate surface area is 183 Å². The number of halogens is 2. The number of nitro groups is 1. The zero-order valence-corrected chi connectivity index (χ0v) is 17.5. The summed E-state index contributed by atoms with van der Waals surface area (Å²) in [6, 6.07) is 17.6. The van der Waals surface area contributed by atoms with Crippen molar-refractivity contribution >= 4 is 40.4 Å². The van der Waals surface area contributed by atoms with Crippen molar-refractivity contribution < 1.29 is 14.5 Å². The number of ketones is 1. The number of carbonyl (C=O) groups excluding carboxylic acids is 1. The quantitative estimate of drug-likeness (QED) is 0.249. The number of benzene rings is 3. The van der Waals surface area contributed by atoms with Crippen LogP contribution < -0.4 is 10.1 Å². The number of carbonyl (C=O) groups is 1. The Kier molecular flexibility index (Phi) is 6.92. The third-order valence-electron chi connectivity index (χ3n) is 4.57. The number of non-ortho nitro benzene ring substituents is 1. The van der Waals surface area contributed by atoms with E-state index in [0.717, 1.165) is 5.56 Å². The van der Waals surface area contributed by atoms with Crippen LogP contribution in [0.1, 0.15) is 28.4 Å². The average Bonchev–Trinajstić information content (AvgIpc) is 2.75. The highest BCUT2D eigenvalue weighted by atomic mass is 35.5. The van der Waals surface area contributed by atoms with Crippen molar-refractivity contribution in [2.24, 2.45) is 0 Å². The Bertz CT molecular complexity index is 1050. The molecule has 0 heterocycles. The van der Waals surface area contributed by atoms with Gasteiger partial charge < -0.3 is 10.1 Å². The monoisotopic (exact) mass is 444 g/mol. The van der Waals surface area contributed by atoms with Crippen molar-refractivity contribution in [2.45, 2.75) is 12.5 Å². The summed E-state index contributed by atoms with van der Waals surface area (Å²) in [6.07, 6.45) is 0.140. The first-order valence-corrected chi connectivity index (χ1v) is 9.76. The van der Waals surface area contributed by atoms with E-state index in [4.69, 9.17) is 27.9 Å². The Balaban J connectivity index is 1.87. The molecule has 3 aromatic rings. The molecule has 0 aliphatic carbocycles. The lowest BCUT2D eigenvalue weighted by atomic mass is 9.97. The minimum absolute atomic E-state index is 0.0130. The molecule has 6 nitrogen and oxygen atoms in total. The van der Waals surface area contributed by atoms with Crippen LogP contribution in [-0.4, -0.2) is 17.8 Å². The number of rotatable bonds is 8. The summed E-state index contributed by atoms with van der Waals surface area (Å²) in [5, 5.41) is 14.9. The Morgan fingerprint density at radius 2 is 1.70 bits per heavy atom. The van der Waals surface area contributed by atoms with E-state index in [1.165, 1.54) is 12.1 Å². The highest BCUT2D eigenvalue weighted by Crippen LogP contribution is 2.30. The van der Waals surface area contributed by atoms with Gasteiger partial charge in [0.15, 0.2) is 5.78 Å². The number of anilines is 1. The Morgan fingerprint density at radius 1 is 1.03 bits per heavy atom. The second kappa shape index (κ2) is 9.61. The number of hydrogen-bond donors (Lipinski definition) is 1. The molecule has 0 aromatic heterocycles. The van der Waals surface area contributed by atoms with Gasteiger partial charge in [0.25, 0.3) is 5.69 Å². The fourth-order valence-electron chi connectivity index (χ4n) is 2.94. The van der Waals surface area contributed by atoms with E-state index in [2.05, 4.69) is 5.32 Å². The van der Waals surface area contributed by atoms with E-state index in [1.54, 1.807) is 61.7 Å². The fraction of sp³-hybridized carbons (Fsp3) is 0.136. The third kappa shape index (κ3) is 5.28. The fourth-order valence-corrected chi connectivity index (χ4v) is 3.25. The van der Waals surface area contributed by atoms with Crippen LogP contribution in [0.5, 0.6) is 5.75 Å². The van der Waals surface area contributed by atoms with Crippen LogP contribution in [0, 0.1) is 10.1 Å². The minimum atomic E-state index is -0.465. The van der Waals surface area contributed by atoms with Crippen molar-refractivity contribution in [1.29, 1.82) is 0 Å². The van der Waals surface area contributed by atoms with E-state index in [0.29, 0.717) is 27.0 Å². The highest BCUT2D eigenvalue weighted by molar-refractivity contribution is 6.42. The normalized spacial score (nSPS) is 11.6. The largest absolute Gasteiger partial charge is 0.497 e. The van der Waals surface area contributed by atoms with Gasteiger partial charge in [-0.3, -0.25) is 14.9 Å². The van der Waals surface area contributed by atoms with Crippen LogP contribution in [0.3, 0.4) is 0 Å². The van der Waals surface area contributed by atoms with E-state index in [9.17, 15) is 14.9 Å². The van der Waals surface area contributed by atoms with Crippen LogP contribution in [0.25, 0.3) is 0 Å². The molecule has 0 saturated heterocycles. The van der Waals surface area contributed by atoms with Gasteiger partial charge >= 0.3 is 0 Å². The van der Waals surface area contributed by atoms with Crippen LogP contribution >= 0.6 is 23.2 Å². The van der Waals surface area contributed by atoms with Crippen molar-refractivity contribution in [3.63, 3.8) is 0 Å². The molecule has 3 rings (SSSR count). The molecular formula is C22H18Cl2N2O4. The Morgan fingerprint density at radius 3 is 2.27 bits per heavy atom. The van der Waals surface area contributed by atoms with Crippen molar-refractivity contribution in [3.05, 3.63) is 98.0 Å². The molecular weight excluding hydrogens is 427 g/mol. The van der Waals surface area contributed by atoms with Gasteiger partial charge in [0, 0.05) is 29.8 Å². The molecule has 3 aromatic carbocycles.